The van der Waals surface area contributed by atoms with E-state index in [1.165, 1.54) is 25.7 Å². The van der Waals surface area contributed by atoms with Crippen LogP contribution in [0.15, 0.2) is 65.8 Å². The first-order valence-corrected chi connectivity index (χ1v) is 7.62. The summed E-state index contributed by atoms with van der Waals surface area (Å²) in [6, 6.07) is 0. The van der Waals surface area contributed by atoms with Gasteiger partial charge in [-0.3, -0.25) is 0 Å². The van der Waals surface area contributed by atoms with Crippen molar-refractivity contribution in [1.29, 1.82) is 0 Å². The molecule has 0 rings (SSSR count). The van der Waals surface area contributed by atoms with E-state index in [-0.39, 0.29) is 13.2 Å². The van der Waals surface area contributed by atoms with E-state index < -0.39 is 0 Å². The van der Waals surface area contributed by atoms with Crippen LogP contribution in [0, 0.1) is 0 Å². The summed E-state index contributed by atoms with van der Waals surface area (Å²) >= 11 is 0. The second-order valence-corrected chi connectivity index (χ2v) is 2.70. The van der Waals surface area contributed by atoms with Gasteiger partial charge in [-0.2, -0.15) is 0 Å². The molecule has 0 aromatic heterocycles. The Labute approximate surface area is 147 Å². The molecule has 0 saturated carbocycles. The van der Waals surface area contributed by atoms with E-state index in [9.17, 15) is 0 Å². The van der Waals surface area contributed by atoms with Crippen LogP contribution >= 0.6 is 0 Å². The molecule has 3 heteroatoms. The molecule has 0 bridgehead atoms. The van der Waals surface area contributed by atoms with Gasteiger partial charge in [-0.15, -0.1) is 65.8 Å². The summed E-state index contributed by atoms with van der Waals surface area (Å²) in [4.78, 5) is 0. The molecule has 0 atom stereocenters. The maximum Gasteiger partial charge on any atom is 0.0662 e. The van der Waals surface area contributed by atoms with Crippen molar-refractivity contribution >= 4 is 0 Å². The molecule has 3 nitrogen and oxygen atoms in total. The van der Waals surface area contributed by atoms with Crippen LogP contribution in [0.2, 0.25) is 0 Å². The first kappa shape index (κ1) is 43.0. The van der Waals surface area contributed by atoms with E-state index in [1.807, 2.05) is 6.92 Å². The third-order valence-electron chi connectivity index (χ3n) is 1.45. The fraction of sp³-hybridized carbons (Fsp3) is 0.500. The highest BCUT2D eigenvalue weighted by molar-refractivity contribution is 4.38. The van der Waals surface area contributed by atoms with E-state index in [0.29, 0.717) is 0 Å². The van der Waals surface area contributed by atoms with Crippen molar-refractivity contribution in [2.45, 2.75) is 39.5 Å². The highest BCUT2D eigenvalue weighted by Crippen LogP contribution is 1.98. The zero-order valence-corrected chi connectivity index (χ0v) is 16.0. The smallest absolute Gasteiger partial charge is 0.0662 e. The van der Waals surface area contributed by atoms with Crippen LogP contribution in [0.1, 0.15) is 39.5 Å². The van der Waals surface area contributed by atoms with E-state index in [0.717, 1.165) is 13.2 Å². The lowest BCUT2D eigenvalue weighted by molar-refractivity contribution is 0.143. The molecule has 0 saturated heterocycles. The Morgan fingerprint density at radius 3 is 1.17 bits per heavy atom. The summed E-state index contributed by atoms with van der Waals surface area (Å²) in [5.41, 5.74) is 0. The molecule has 0 radical (unpaired) electrons. The Morgan fingerprint density at radius 1 is 0.609 bits per heavy atom. The number of unbranched alkanes of at least 4 members (excludes halogenated alkanes) is 3. The first-order chi connectivity index (χ1) is 11.3. The molecule has 0 aliphatic heterocycles. The van der Waals surface area contributed by atoms with Crippen molar-refractivity contribution < 1.29 is 14.9 Å². The Morgan fingerprint density at radius 2 is 0.957 bits per heavy atom. The molecule has 142 valence electrons. The van der Waals surface area contributed by atoms with Gasteiger partial charge in [0.05, 0.1) is 13.2 Å². The summed E-state index contributed by atoms with van der Waals surface area (Å²) in [6.07, 6.45) is 5.23. The molecule has 0 fully saturated rings. The SMILES string of the molecule is C=C.C=C.C=C.C=C.C=C.CCCCCCOCC.OCCO. The third kappa shape index (κ3) is 228. The molecule has 0 aliphatic rings. The molecular weight excluding hydrogens is 288 g/mol. The molecular formula is C20H44O3. The average molecular weight is 333 g/mol. The van der Waals surface area contributed by atoms with E-state index >= 15 is 0 Å². The monoisotopic (exact) mass is 332 g/mol. The van der Waals surface area contributed by atoms with Crippen LogP contribution in [0.4, 0.5) is 0 Å². The van der Waals surface area contributed by atoms with Crippen molar-refractivity contribution in [1.82, 2.24) is 0 Å². The fourth-order valence-corrected chi connectivity index (χ4v) is 0.775. The van der Waals surface area contributed by atoms with Gasteiger partial charge in [0.2, 0.25) is 0 Å². The Kier molecular flexibility index (Phi) is 257. The third-order valence-corrected chi connectivity index (χ3v) is 1.45. The predicted molar refractivity (Wildman–Crippen MR) is 111 cm³/mol. The van der Waals surface area contributed by atoms with Crippen LogP contribution < -0.4 is 0 Å². The Balaban J connectivity index is -0.0000000310. The van der Waals surface area contributed by atoms with Crippen molar-refractivity contribution in [3.05, 3.63) is 65.8 Å². The molecule has 2 N–H and O–H groups in total. The summed E-state index contributed by atoms with van der Waals surface area (Å²) in [7, 11) is 0. The van der Waals surface area contributed by atoms with E-state index in [2.05, 4.69) is 72.7 Å². The fourth-order valence-electron chi connectivity index (χ4n) is 0.775. The van der Waals surface area contributed by atoms with Gasteiger partial charge in [-0.05, 0) is 13.3 Å². The Bertz CT molecular complexity index is 99.8. The molecule has 0 aromatic carbocycles. The maximum atomic E-state index is 7.62. The lowest BCUT2D eigenvalue weighted by Gasteiger charge is -1.98. The van der Waals surface area contributed by atoms with Gasteiger partial charge in [0, 0.05) is 13.2 Å². The zero-order chi connectivity index (χ0) is 20.4. The number of hydrogen-bond acceptors (Lipinski definition) is 3. The summed E-state index contributed by atoms with van der Waals surface area (Å²) in [5, 5.41) is 15.2. The lowest BCUT2D eigenvalue weighted by Crippen LogP contribution is -1.92. The predicted octanol–water partition coefficient (Wildman–Crippen LogP) is 5.59. The number of rotatable bonds is 7. The van der Waals surface area contributed by atoms with Crippen molar-refractivity contribution in [2.75, 3.05) is 26.4 Å². The van der Waals surface area contributed by atoms with Crippen LogP contribution in [-0.2, 0) is 4.74 Å². The van der Waals surface area contributed by atoms with Gasteiger partial charge in [0.25, 0.3) is 0 Å². The molecule has 0 spiro atoms. The van der Waals surface area contributed by atoms with Crippen molar-refractivity contribution in [2.24, 2.45) is 0 Å². The van der Waals surface area contributed by atoms with Crippen LogP contribution in [-0.4, -0.2) is 36.6 Å². The minimum Gasteiger partial charge on any atom is -0.394 e. The summed E-state index contributed by atoms with van der Waals surface area (Å²) in [5.74, 6) is 0. The van der Waals surface area contributed by atoms with Gasteiger partial charge < -0.3 is 14.9 Å². The van der Waals surface area contributed by atoms with Gasteiger partial charge in [-0.1, -0.05) is 26.2 Å². The lowest BCUT2D eigenvalue weighted by atomic mass is 10.2. The van der Waals surface area contributed by atoms with E-state index in [4.69, 9.17) is 14.9 Å². The van der Waals surface area contributed by atoms with Crippen LogP contribution in [0.5, 0.6) is 0 Å². The van der Waals surface area contributed by atoms with Gasteiger partial charge in [-0.25, -0.2) is 0 Å². The van der Waals surface area contributed by atoms with Crippen molar-refractivity contribution in [3.8, 4) is 0 Å². The minimum absolute atomic E-state index is 0.125. The summed E-state index contributed by atoms with van der Waals surface area (Å²) < 4.78 is 5.18. The second-order valence-electron chi connectivity index (χ2n) is 2.70. The van der Waals surface area contributed by atoms with Gasteiger partial charge >= 0.3 is 0 Å². The molecule has 0 heterocycles. The number of aliphatic hydroxyl groups is 2. The minimum atomic E-state index is -0.125. The standard InChI is InChI=1S/C8H18O.C2H6O2.5C2H4/c1-3-5-6-7-8-9-4-2;3-1-2-4;5*1-2/h3-8H2,1-2H3;3-4H,1-2H2;5*1-2H2. The Hall–Kier alpha value is -1.42. The molecule has 23 heavy (non-hydrogen) atoms. The largest absolute Gasteiger partial charge is 0.394 e. The highest BCUT2D eigenvalue weighted by atomic mass is 16.5. The van der Waals surface area contributed by atoms with E-state index in [1.54, 1.807) is 0 Å². The van der Waals surface area contributed by atoms with Gasteiger partial charge in [0.1, 0.15) is 0 Å². The average Bonchev–Trinajstić information content (AvgIpc) is 2.70. The van der Waals surface area contributed by atoms with Crippen LogP contribution in [0.25, 0.3) is 0 Å². The molecule has 0 amide bonds. The summed E-state index contributed by atoms with van der Waals surface area (Å²) in [6.45, 7) is 35.8. The first-order valence-electron chi connectivity index (χ1n) is 7.62. The molecule has 0 unspecified atom stereocenters. The maximum absolute atomic E-state index is 7.62. The molecule has 0 aromatic rings. The highest BCUT2D eigenvalue weighted by Gasteiger charge is 1.85. The quantitative estimate of drug-likeness (QED) is 0.472. The van der Waals surface area contributed by atoms with Gasteiger partial charge in [0.15, 0.2) is 0 Å². The van der Waals surface area contributed by atoms with Crippen LogP contribution in [0.3, 0.4) is 0 Å². The van der Waals surface area contributed by atoms with Crippen molar-refractivity contribution in [3.63, 3.8) is 0 Å². The zero-order valence-electron chi connectivity index (χ0n) is 16.0. The topological polar surface area (TPSA) is 49.7 Å². The number of ether oxygens (including phenoxy) is 1. The molecule has 0 aliphatic carbocycles. The normalized spacial score (nSPS) is 6.09. The number of aliphatic hydroxyl groups excluding tert-OH is 2. The second kappa shape index (κ2) is 137. The number of hydrogen-bond donors (Lipinski definition) is 2.